The first-order valence-corrected chi connectivity index (χ1v) is 8.44. The van der Waals surface area contributed by atoms with E-state index in [1.165, 1.54) is 17.7 Å². The molecule has 1 nitrogen and oxygen atoms in total. The fraction of sp³-hybridized carbons (Fsp3) is 0.400. The van der Waals surface area contributed by atoms with Crippen LogP contribution in [-0.2, 0) is 6.18 Å². The smallest absolute Gasteiger partial charge is 0.290 e. The average molecular weight is 333 g/mol. The van der Waals surface area contributed by atoms with Crippen LogP contribution < -0.4 is 0 Å². The molecule has 1 aliphatic rings. The molecule has 0 aliphatic carbocycles. The van der Waals surface area contributed by atoms with Gasteiger partial charge in [0.05, 0.1) is 5.56 Å². The number of halogens is 3. The summed E-state index contributed by atoms with van der Waals surface area (Å²) < 4.78 is 38.3. The van der Waals surface area contributed by atoms with Gasteiger partial charge in [-0.3, -0.25) is 4.90 Å². The zero-order chi connectivity index (χ0) is 17.2. The van der Waals surface area contributed by atoms with Gasteiger partial charge in [-0.2, -0.15) is 13.2 Å². The van der Waals surface area contributed by atoms with E-state index in [1.54, 1.807) is 12.1 Å². The molecule has 0 aromatic heterocycles. The zero-order valence-corrected chi connectivity index (χ0v) is 13.8. The molecular weight excluding hydrogens is 311 g/mol. The van der Waals surface area contributed by atoms with Crippen molar-refractivity contribution in [2.24, 2.45) is 0 Å². The van der Waals surface area contributed by atoms with E-state index in [0.717, 1.165) is 31.4 Å². The van der Waals surface area contributed by atoms with Crippen molar-refractivity contribution >= 4 is 0 Å². The van der Waals surface area contributed by atoms with E-state index in [2.05, 4.69) is 24.0 Å². The summed E-state index contributed by atoms with van der Waals surface area (Å²) in [6, 6.07) is 16.4. The molecule has 1 unspecified atom stereocenters. The first-order chi connectivity index (χ1) is 11.5. The predicted molar refractivity (Wildman–Crippen MR) is 89.6 cm³/mol. The van der Waals surface area contributed by atoms with Gasteiger partial charge >= 0.3 is 6.18 Å². The molecule has 128 valence electrons. The van der Waals surface area contributed by atoms with Gasteiger partial charge in [0.1, 0.15) is 0 Å². The monoisotopic (exact) mass is 333 g/mol. The molecule has 1 heterocycles. The summed E-state index contributed by atoms with van der Waals surface area (Å²) in [7, 11) is 0. The summed E-state index contributed by atoms with van der Waals surface area (Å²) in [5.74, 6) is 0. The molecule has 2 aromatic rings. The Bertz CT molecular complexity index is 649. The minimum atomic E-state index is -4.28. The lowest BCUT2D eigenvalue weighted by Crippen LogP contribution is -2.35. The molecule has 24 heavy (non-hydrogen) atoms. The second-order valence-corrected chi connectivity index (χ2v) is 6.46. The highest BCUT2D eigenvalue weighted by Crippen LogP contribution is 2.38. The minimum Gasteiger partial charge on any atom is -0.290 e. The zero-order valence-electron chi connectivity index (χ0n) is 13.8. The summed E-state index contributed by atoms with van der Waals surface area (Å²) in [5, 5.41) is 0. The first kappa shape index (κ1) is 17.0. The van der Waals surface area contributed by atoms with Crippen molar-refractivity contribution in [1.29, 1.82) is 0 Å². The number of piperidine rings is 1. The van der Waals surface area contributed by atoms with E-state index in [4.69, 9.17) is 0 Å². The van der Waals surface area contributed by atoms with Crippen LogP contribution in [0.3, 0.4) is 0 Å². The third-order valence-electron chi connectivity index (χ3n) is 4.95. The van der Waals surface area contributed by atoms with Crippen LogP contribution in [0.4, 0.5) is 13.2 Å². The number of rotatable bonds is 3. The van der Waals surface area contributed by atoms with Crippen LogP contribution >= 0.6 is 0 Å². The highest BCUT2D eigenvalue weighted by Gasteiger charge is 2.32. The van der Waals surface area contributed by atoms with E-state index in [0.29, 0.717) is 0 Å². The lowest BCUT2D eigenvalue weighted by molar-refractivity contribution is -0.137. The molecule has 2 atom stereocenters. The van der Waals surface area contributed by atoms with E-state index in [1.807, 2.05) is 18.2 Å². The fourth-order valence-corrected chi connectivity index (χ4v) is 3.59. The standard InChI is InChI=1S/C20H22F3N/c1-15(16-7-3-2-4-8-16)24-14-6-5-9-19(24)17-10-12-18(13-11-17)20(21,22)23/h2-4,7-8,10-13,15,19H,5-6,9,14H2,1H3/t15-,19?/m1/s1. The maximum absolute atomic E-state index is 12.8. The molecule has 1 aliphatic heterocycles. The number of alkyl halides is 3. The molecule has 0 radical (unpaired) electrons. The summed E-state index contributed by atoms with van der Waals surface area (Å²) in [4.78, 5) is 2.42. The van der Waals surface area contributed by atoms with Gasteiger partial charge in [0, 0.05) is 12.1 Å². The Hall–Kier alpha value is -1.81. The topological polar surface area (TPSA) is 3.24 Å². The quantitative estimate of drug-likeness (QED) is 0.666. The van der Waals surface area contributed by atoms with Crippen LogP contribution in [-0.4, -0.2) is 11.4 Å². The maximum Gasteiger partial charge on any atom is 0.416 e. The molecule has 2 aromatic carbocycles. The van der Waals surface area contributed by atoms with Gasteiger partial charge in [-0.05, 0) is 49.6 Å². The van der Waals surface area contributed by atoms with E-state index >= 15 is 0 Å². The Labute approximate surface area is 141 Å². The molecule has 4 heteroatoms. The minimum absolute atomic E-state index is 0.177. The number of hydrogen-bond donors (Lipinski definition) is 0. The molecule has 0 amide bonds. The van der Waals surface area contributed by atoms with Crippen LogP contribution in [0.1, 0.15) is 55.0 Å². The van der Waals surface area contributed by atoms with Gasteiger partial charge in [0.15, 0.2) is 0 Å². The van der Waals surface area contributed by atoms with Crippen LogP contribution in [0.5, 0.6) is 0 Å². The summed E-state index contributed by atoms with van der Waals surface area (Å²) >= 11 is 0. The largest absolute Gasteiger partial charge is 0.416 e. The van der Waals surface area contributed by atoms with Gasteiger partial charge in [-0.25, -0.2) is 0 Å². The molecule has 0 spiro atoms. The maximum atomic E-state index is 12.8. The van der Waals surface area contributed by atoms with Crippen LogP contribution in [0.2, 0.25) is 0 Å². The number of nitrogens with zero attached hydrogens (tertiary/aromatic N) is 1. The van der Waals surface area contributed by atoms with E-state index < -0.39 is 11.7 Å². The highest BCUT2D eigenvalue weighted by atomic mass is 19.4. The van der Waals surface area contributed by atoms with Crippen molar-refractivity contribution in [1.82, 2.24) is 4.90 Å². The second kappa shape index (κ2) is 6.98. The molecule has 0 N–H and O–H groups in total. The summed E-state index contributed by atoms with van der Waals surface area (Å²) in [5.41, 5.74) is 1.64. The third kappa shape index (κ3) is 3.64. The molecule has 1 saturated heterocycles. The van der Waals surface area contributed by atoms with Gasteiger partial charge in [0.25, 0.3) is 0 Å². The third-order valence-corrected chi connectivity index (χ3v) is 4.95. The van der Waals surface area contributed by atoms with Crippen molar-refractivity contribution in [3.63, 3.8) is 0 Å². The molecule has 1 fully saturated rings. The van der Waals surface area contributed by atoms with Crippen molar-refractivity contribution in [3.05, 3.63) is 71.3 Å². The van der Waals surface area contributed by atoms with Crippen molar-refractivity contribution in [2.45, 2.75) is 44.4 Å². The lowest BCUT2D eigenvalue weighted by Gasteiger charge is -2.40. The van der Waals surface area contributed by atoms with E-state index in [-0.39, 0.29) is 12.1 Å². The normalized spacial score (nSPS) is 20.8. The summed E-state index contributed by atoms with van der Waals surface area (Å²) in [6.45, 7) is 3.15. The van der Waals surface area contributed by atoms with Crippen LogP contribution in [0.25, 0.3) is 0 Å². The number of hydrogen-bond acceptors (Lipinski definition) is 1. The van der Waals surface area contributed by atoms with Crippen molar-refractivity contribution in [3.8, 4) is 0 Å². The Kier molecular flexibility index (Phi) is 4.95. The lowest BCUT2D eigenvalue weighted by atomic mass is 9.91. The van der Waals surface area contributed by atoms with Gasteiger partial charge in [0.2, 0.25) is 0 Å². The van der Waals surface area contributed by atoms with Gasteiger partial charge in [-0.1, -0.05) is 48.9 Å². The fourth-order valence-electron chi connectivity index (χ4n) is 3.59. The Morgan fingerprint density at radius 3 is 2.25 bits per heavy atom. The predicted octanol–water partition coefficient (Wildman–Crippen LogP) is 5.99. The molecule has 3 rings (SSSR count). The number of benzene rings is 2. The molecular formula is C20H22F3N. The van der Waals surface area contributed by atoms with Crippen molar-refractivity contribution < 1.29 is 13.2 Å². The van der Waals surface area contributed by atoms with Crippen LogP contribution in [0, 0.1) is 0 Å². The van der Waals surface area contributed by atoms with Gasteiger partial charge < -0.3 is 0 Å². The molecule has 0 bridgehead atoms. The van der Waals surface area contributed by atoms with Gasteiger partial charge in [-0.15, -0.1) is 0 Å². The van der Waals surface area contributed by atoms with E-state index in [9.17, 15) is 13.2 Å². The Morgan fingerprint density at radius 1 is 0.958 bits per heavy atom. The SMILES string of the molecule is C[C@H](c1ccccc1)N1CCCCC1c1ccc(C(F)(F)F)cc1. The molecule has 0 saturated carbocycles. The Morgan fingerprint density at radius 2 is 1.62 bits per heavy atom. The first-order valence-electron chi connectivity index (χ1n) is 8.44. The highest BCUT2D eigenvalue weighted by molar-refractivity contribution is 5.28. The van der Waals surface area contributed by atoms with Crippen molar-refractivity contribution in [2.75, 3.05) is 6.54 Å². The Balaban J connectivity index is 1.84. The second-order valence-electron chi connectivity index (χ2n) is 6.46. The number of likely N-dealkylation sites (tertiary alicyclic amines) is 1. The average Bonchev–Trinajstić information content (AvgIpc) is 2.61. The van der Waals surface area contributed by atoms with Crippen LogP contribution in [0.15, 0.2) is 54.6 Å². The summed E-state index contributed by atoms with van der Waals surface area (Å²) in [6.07, 6.45) is -1.04.